The Bertz CT molecular complexity index is 238. The molecule has 13 heavy (non-hydrogen) atoms. The molecule has 2 N–H and O–H groups in total. The SMILES string of the molecule is CCOC(=O)C1=C(N)SC(CC)C1. The number of thioether (sulfide) groups is 1. The normalized spacial score (nSPS) is 22.2. The maximum Gasteiger partial charge on any atom is 0.336 e. The lowest BCUT2D eigenvalue weighted by Crippen LogP contribution is -2.10. The van der Waals surface area contributed by atoms with E-state index in [-0.39, 0.29) is 5.97 Å². The van der Waals surface area contributed by atoms with Crippen LogP contribution in [-0.4, -0.2) is 17.8 Å². The Morgan fingerprint density at radius 1 is 1.69 bits per heavy atom. The minimum atomic E-state index is -0.247. The van der Waals surface area contributed by atoms with Crippen LogP contribution in [0.25, 0.3) is 0 Å². The van der Waals surface area contributed by atoms with Gasteiger partial charge in [-0.15, -0.1) is 11.8 Å². The van der Waals surface area contributed by atoms with E-state index in [0.717, 1.165) is 12.8 Å². The summed E-state index contributed by atoms with van der Waals surface area (Å²) in [6.07, 6.45) is 1.79. The fourth-order valence-corrected chi connectivity index (χ4v) is 2.34. The standard InChI is InChI=1S/C9H15NO2S/c1-3-6-5-7(8(10)13-6)9(11)12-4-2/h6H,3-5,10H2,1-2H3. The molecule has 1 atom stereocenters. The predicted molar refractivity (Wildman–Crippen MR) is 54.1 cm³/mol. The highest BCUT2D eigenvalue weighted by Crippen LogP contribution is 2.36. The molecule has 1 heterocycles. The maximum atomic E-state index is 11.3. The second-order valence-corrected chi connectivity index (χ2v) is 4.26. The molecule has 3 nitrogen and oxygen atoms in total. The third-order valence-corrected chi connectivity index (χ3v) is 3.33. The zero-order valence-electron chi connectivity index (χ0n) is 8.00. The first-order valence-corrected chi connectivity index (χ1v) is 5.39. The zero-order valence-corrected chi connectivity index (χ0v) is 8.82. The second-order valence-electron chi connectivity index (χ2n) is 2.92. The average Bonchev–Trinajstić information content (AvgIpc) is 2.47. The highest BCUT2D eigenvalue weighted by Gasteiger charge is 2.27. The van der Waals surface area contributed by atoms with Gasteiger partial charge in [0.1, 0.15) is 0 Å². The van der Waals surface area contributed by atoms with Crippen LogP contribution < -0.4 is 5.73 Å². The van der Waals surface area contributed by atoms with Crippen molar-refractivity contribution in [3.8, 4) is 0 Å². The first kappa shape index (κ1) is 10.4. The van der Waals surface area contributed by atoms with E-state index in [1.165, 1.54) is 0 Å². The molecule has 74 valence electrons. The fraction of sp³-hybridized carbons (Fsp3) is 0.667. The number of carbonyl (C=O) groups excluding carboxylic acids is 1. The van der Waals surface area contributed by atoms with Crippen molar-refractivity contribution in [1.29, 1.82) is 0 Å². The fourth-order valence-electron chi connectivity index (χ4n) is 1.25. The van der Waals surface area contributed by atoms with Crippen molar-refractivity contribution >= 4 is 17.7 Å². The van der Waals surface area contributed by atoms with Crippen LogP contribution in [0.2, 0.25) is 0 Å². The largest absolute Gasteiger partial charge is 0.463 e. The zero-order chi connectivity index (χ0) is 9.84. The van der Waals surface area contributed by atoms with E-state index in [1.807, 2.05) is 0 Å². The summed E-state index contributed by atoms with van der Waals surface area (Å²) in [7, 11) is 0. The van der Waals surface area contributed by atoms with Crippen LogP contribution in [0, 0.1) is 0 Å². The Morgan fingerprint density at radius 3 is 2.85 bits per heavy atom. The van der Waals surface area contributed by atoms with Crippen LogP contribution in [0.4, 0.5) is 0 Å². The molecule has 0 radical (unpaired) electrons. The van der Waals surface area contributed by atoms with E-state index in [9.17, 15) is 4.79 Å². The van der Waals surface area contributed by atoms with Gasteiger partial charge in [-0.2, -0.15) is 0 Å². The van der Waals surface area contributed by atoms with E-state index >= 15 is 0 Å². The van der Waals surface area contributed by atoms with Crippen LogP contribution in [0.3, 0.4) is 0 Å². The summed E-state index contributed by atoms with van der Waals surface area (Å²) < 4.78 is 4.90. The molecule has 0 aliphatic carbocycles. The average molecular weight is 201 g/mol. The first-order chi connectivity index (χ1) is 6.19. The molecule has 0 amide bonds. The number of esters is 1. The van der Waals surface area contributed by atoms with Gasteiger partial charge < -0.3 is 10.5 Å². The van der Waals surface area contributed by atoms with Crippen molar-refractivity contribution in [2.24, 2.45) is 5.73 Å². The lowest BCUT2D eigenvalue weighted by molar-refractivity contribution is -0.138. The Hall–Kier alpha value is -0.640. The van der Waals surface area contributed by atoms with E-state index in [1.54, 1.807) is 18.7 Å². The Morgan fingerprint density at radius 2 is 2.38 bits per heavy atom. The van der Waals surface area contributed by atoms with Gasteiger partial charge in [0.15, 0.2) is 0 Å². The minimum Gasteiger partial charge on any atom is -0.463 e. The van der Waals surface area contributed by atoms with Gasteiger partial charge in [0.05, 0.1) is 17.2 Å². The molecular weight excluding hydrogens is 186 g/mol. The van der Waals surface area contributed by atoms with Gasteiger partial charge in [-0.1, -0.05) is 6.92 Å². The molecule has 1 aliphatic rings. The number of hydrogen-bond acceptors (Lipinski definition) is 4. The highest BCUT2D eigenvalue weighted by molar-refractivity contribution is 8.03. The first-order valence-electron chi connectivity index (χ1n) is 4.51. The molecule has 0 saturated carbocycles. The molecule has 0 fully saturated rings. The van der Waals surface area contributed by atoms with E-state index in [4.69, 9.17) is 10.5 Å². The van der Waals surface area contributed by atoms with Crippen molar-refractivity contribution in [3.63, 3.8) is 0 Å². The highest BCUT2D eigenvalue weighted by atomic mass is 32.2. The second kappa shape index (κ2) is 4.56. The lowest BCUT2D eigenvalue weighted by atomic mass is 10.1. The number of carbonyl (C=O) groups is 1. The molecule has 0 aromatic heterocycles. The number of ether oxygens (including phenoxy) is 1. The molecule has 0 saturated heterocycles. The van der Waals surface area contributed by atoms with Gasteiger partial charge in [-0.3, -0.25) is 0 Å². The van der Waals surface area contributed by atoms with Crippen molar-refractivity contribution in [2.75, 3.05) is 6.61 Å². The van der Waals surface area contributed by atoms with Gasteiger partial charge in [0.2, 0.25) is 0 Å². The van der Waals surface area contributed by atoms with Gasteiger partial charge >= 0.3 is 5.97 Å². The molecule has 1 unspecified atom stereocenters. The topological polar surface area (TPSA) is 52.3 Å². The Balaban J connectivity index is 2.59. The molecule has 0 aromatic carbocycles. The Labute approximate surface area is 82.7 Å². The summed E-state index contributed by atoms with van der Waals surface area (Å²) in [6.45, 7) is 4.31. The van der Waals surface area contributed by atoms with Crippen molar-refractivity contribution in [1.82, 2.24) is 0 Å². The van der Waals surface area contributed by atoms with Crippen LogP contribution in [0.5, 0.6) is 0 Å². The number of nitrogens with two attached hydrogens (primary N) is 1. The predicted octanol–water partition coefficient (Wildman–Crippen LogP) is 1.64. The van der Waals surface area contributed by atoms with E-state index in [2.05, 4.69) is 6.92 Å². The van der Waals surface area contributed by atoms with Crippen LogP contribution in [0.15, 0.2) is 10.6 Å². The Kier molecular flexibility index (Phi) is 3.66. The quantitative estimate of drug-likeness (QED) is 0.705. The summed E-state index contributed by atoms with van der Waals surface area (Å²) in [6, 6.07) is 0. The van der Waals surface area contributed by atoms with E-state index < -0.39 is 0 Å². The van der Waals surface area contributed by atoms with E-state index in [0.29, 0.717) is 22.5 Å². The third-order valence-electron chi connectivity index (χ3n) is 2.00. The number of rotatable bonds is 3. The van der Waals surface area contributed by atoms with Crippen molar-refractivity contribution in [3.05, 3.63) is 10.6 Å². The molecule has 0 bridgehead atoms. The van der Waals surface area contributed by atoms with Crippen molar-refractivity contribution in [2.45, 2.75) is 31.9 Å². The van der Waals surface area contributed by atoms with Gasteiger partial charge in [0.25, 0.3) is 0 Å². The van der Waals surface area contributed by atoms with Crippen molar-refractivity contribution < 1.29 is 9.53 Å². The lowest BCUT2D eigenvalue weighted by Gasteiger charge is -2.04. The third kappa shape index (κ3) is 2.40. The minimum absolute atomic E-state index is 0.247. The monoisotopic (exact) mass is 201 g/mol. The van der Waals surface area contributed by atoms with Gasteiger partial charge in [-0.05, 0) is 19.8 Å². The molecule has 0 aromatic rings. The van der Waals surface area contributed by atoms with Crippen LogP contribution >= 0.6 is 11.8 Å². The summed E-state index contributed by atoms with van der Waals surface area (Å²) >= 11 is 1.58. The van der Waals surface area contributed by atoms with Gasteiger partial charge in [0, 0.05) is 5.25 Å². The van der Waals surface area contributed by atoms with Crippen LogP contribution in [0.1, 0.15) is 26.7 Å². The van der Waals surface area contributed by atoms with Crippen LogP contribution in [-0.2, 0) is 9.53 Å². The molecular formula is C9H15NO2S. The summed E-state index contributed by atoms with van der Waals surface area (Å²) in [4.78, 5) is 11.3. The number of hydrogen-bond donors (Lipinski definition) is 1. The molecule has 1 aliphatic heterocycles. The summed E-state index contributed by atoms with van der Waals surface area (Å²) in [5.41, 5.74) is 6.38. The maximum absolute atomic E-state index is 11.3. The van der Waals surface area contributed by atoms with Gasteiger partial charge in [-0.25, -0.2) is 4.79 Å². The molecule has 4 heteroatoms. The molecule has 0 spiro atoms. The smallest absolute Gasteiger partial charge is 0.336 e. The summed E-state index contributed by atoms with van der Waals surface area (Å²) in [5.74, 6) is -0.247. The molecule has 1 rings (SSSR count). The summed E-state index contributed by atoms with van der Waals surface area (Å²) in [5, 5.41) is 1.10.